The maximum Gasteiger partial charge on any atom is 0.420 e. The normalized spacial score (nSPS) is 16.1. The predicted octanol–water partition coefficient (Wildman–Crippen LogP) is 1.98. The summed E-state index contributed by atoms with van der Waals surface area (Å²) in [6.45, 7) is 3.77. The van der Waals surface area contributed by atoms with Crippen molar-refractivity contribution in [2.45, 2.75) is 56.5 Å². The van der Waals surface area contributed by atoms with Crippen molar-refractivity contribution >= 4 is 21.1 Å². The molecule has 1 N–H and O–H groups in total. The third-order valence-corrected chi connectivity index (χ3v) is 6.22. The molecular weight excluding hydrogens is 372 g/mol. The van der Waals surface area contributed by atoms with Crippen LogP contribution in [-0.4, -0.2) is 29.2 Å². The Hall–Kier alpha value is -2.46. The Bertz CT molecular complexity index is 1140. The van der Waals surface area contributed by atoms with Crippen LogP contribution in [0.1, 0.15) is 50.7 Å². The number of aromatic nitrogens is 3. The van der Waals surface area contributed by atoms with Gasteiger partial charge in [-0.2, -0.15) is 4.98 Å². The summed E-state index contributed by atoms with van der Waals surface area (Å²) in [4.78, 5) is 16.6. The van der Waals surface area contributed by atoms with E-state index in [1.807, 2.05) is 6.92 Å². The van der Waals surface area contributed by atoms with Gasteiger partial charge in [0, 0.05) is 18.0 Å². The lowest BCUT2D eigenvalue weighted by Crippen LogP contribution is -2.31. The molecule has 1 fully saturated rings. The average molecular weight is 392 g/mol. The monoisotopic (exact) mass is 392 g/mol. The van der Waals surface area contributed by atoms with E-state index in [0.717, 1.165) is 12.8 Å². The summed E-state index contributed by atoms with van der Waals surface area (Å²) in [5, 5.41) is 3.91. The molecule has 1 saturated carbocycles. The minimum atomic E-state index is -3.69. The molecule has 0 saturated heterocycles. The number of sulfonamides is 1. The Morgan fingerprint density at radius 2 is 2.15 bits per heavy atom. The number of benzene rings is 1. The predicted molar refractivity (Wildman–Crippen MR) is 95.9 cm³/mol. The third-order valence-electron chi connectivity index (χ3n) is 4.63. The number of hydrogen-bond acceptors (Lipinski definition) is 7. The van der Waals surface area contributed by atoms with Crippen molar-refractivity contribution in [1.29, 1.82) is 0 Å². The number of hydrogen-bond donors (Lipinski definition) is 1. The molecule has 1 aliphatic rings. The van der Waals surface area contributed by atoms with E-state index in [1.54, 1.807) is 13.0 Å². The highest BCUT2D eigenvalue weighted by atomic mass is 32.2. The maximum absolute atomic E-state index is 12.4. The van der Waals surface area contributed by atoms with Gasteiger partial charge in [-0.25, -0.2) is 17.9 Å². The Balaban J connectivity index is 1.65. The summed E-state index contributed by atoms with van der Waals surface area (Å²) in [5.74, 6) is 0.703. The molecule has 1 atom stereocenters. The molecular formula is C17H20N4O5S. The zero-order chi connectivity index (χ0) is 19.2. The SMILES string of the molecule is CC[C@H](C)NS(=O)(=O)c1ccc2c(c1)oc(=O)n2Cc1noc(C2CC2)n1. The summed E-state index contributed by atoms with van der Waals surface area (Å²) in [6, 6.07) is 4.16. The van der Waals surface area contributed by atoms with Gasteiger partial charge in [0.1, 0.15) is 0 Å². The Kier molecular flexibility index (Phi) is 4.39. The van der Waals surface area contributed by atoms with Gasteiger partial charge in [-0.05, 0) is 38.3 Å². The van der Waals surface area contributed by atoms with Gasteiger partial charge < -0.3 is 8.94 Å². The van der Waals surface area contributed by atoms with Gasteiger partial charge >= 0.3 is 5.76 Å². The second-order valence-corrected chi connectivity index (χ2v) is 8.55. The van der Waals surface area contributed by atoms with Gasteiger partial charge in [-0.15, -0.1) is 0 Å². The highest BCUT2D eigenvalue weighted by molar-refractivity contribution is 7.89. The van der Waals surface area contributed by atoms with Crippen molar-refractivity contribution < 1.29 is 17.4 Å². The standard InChI is InChI=1S/C17H20N4O5S/c1-3-10(2)20-27(23,24)12-6-7-13-14(8-12)25-17(22)21(13)9-15-18-16(26-19-15)11-4-5-11/h6-8,10-11,20H,3-5,9H2,1-2H3/t10-/m0/s1. The Labute approximate surface area is 155 Å². The van der Waals surface area contributed by atoms with Crippen LogP contribution >= 0.6 is 0 Å². The van der Waals surface area contributed by atoms with E-state index in [4.69, 9.17) is 8.94 Å². The second kappa shape index (κ2) is 6.61. The molecule has 1 aliphatic carbocycles. The molecule has 0 bridgehead atoms. The van der Waals surface area contributed by atoms with Crippen LogP contribution in [0, 0.1) is 0 Å². The number of nitrogens with one attached hydrogen (secondary N) is 1. The average Bonchev–Trinajstić information content (AvgIpc) is 3.30. The number of oxazole rings is 1. The second-order valence-electron chi connectivity index (χ2n) is 6.84. The molecule has 0 spiro atoms. The molecule has 0 unspecified atom stereocenters. The van der Waals surface area contributed by atoms with Gasteiger partial charge in [-0.1, -0.05) is 12.1 Å². The largest absolute Gasteiger partial charge is 0.420 e. The summed E-state index contributed by atoms with van der Waals surface area (Å²) < 4.78 is 39.2. The van der Waals surface area contributed by atoms with Gasteiger partial charge in [0.2, 0.25) is 15.9 Å². The minimum absolute atomic E-state index is 0.0479. The zero-order valence-corrected chi connectivity index (χ0v) is 15.8. The lowest BCUT2D eigenvalue weighted by molar-refractivity contribution is 0.372. The van der Waals surface area contributed by atoms with Crippen molar-refractivity contribution in [2.75, 3.05) is 0 Å². The van der Waals surface area contributed by atoms with Crippen molar-refractivity contribution in [2.24, 2.45) is 0 Å². The highest BCUT2D eigenvalue weighted by Gasteiger charge is 2.29. The van der Waals surface area contributed by atoms with Crippen molar-refractivity contribution in [3.8, 4) is 0 Å². The molecule has 10 heteroatoms. The Morgan fingerprint density at radius 1 is 1.37 bits per heavy atom. The van der Waals surface area contributed by atoms with E-state index in [1.165, 1.54) is 16.7 Å². The summed E-state index contributed by atoms with van der Waals surface area (Å²) in [6.07, 6.45) is 2.75. The molecule has 1 aromatic carbocycles. The molecule has 0 radical (unpaired) electrons. The van der Waals surface area contributed by atoms with Gasteiger partial charge in [0.25, 0.3) is 0 Å². The number of fused-ring (bicyclic) bond motifs is 1. The first-order valence-electron chi connectivity index (χ1n) is 8.85. The molecule has 0 aliphatic heterocycles. The van der Waals surface area contributed by atoms with E-state index in [9.17, 15) is 13.2 Å². The van der Waals surface area contributed by atoms with E-state index in [-0.39, 0.29) is 23.1 Å². The van der Waals surface area contributed by atoms with Crippen LogP contribution in [-0.2, 0) is 16.6 Å². The van der Waals surface area contributed by atoms with Gasteiger partial charge in [0.15, 0.2) is 11.4 Å². The van der Waals surface area contributed by atoms with E-state index < -0.39 is 15.8 Å². The molecule has 144 valence electrons. The molecule has 3 aromatic rings. The van der Waals surface area contributed by atoms with E-state index in [2.05, 4.69) is 14.9 Å². The van der Waals surface area contributed by atoms with Crippen LogP contribution in [0.2, 0.25) is 0 Å². The Morgan fingerprint density at radius 3 is 2.85 bits per heavy atom. The summed E-state index contributed by atoms with van der Waals surface area (Å²) in [5.41, 5.74) is 0.665. The zero-order valence-electron chi connectivity index (χ0n) is 15.0. The topological polar surface area (TPSA) is 120 Å². The molecule has 0 amide bonds. The molecule has 2 heterocycles. The smallest absolute Gasteiger partial charge is 0.408 e. The van der Waals surface area contributed by atoms with E-state index >= 15 is 0 Å². The fourth-order valence-corrected chi connectivity index (χ4v) is 4.09. The first kappa shape index (κ1) is 17.9. The van der Waals surface area contributed by atoms with Crippen LogP contribution < -0.4 is 10.5 Å². The van der Waals surface area contributed by atoms with Crippen molar-refractivity contribution in [3.63, 3.8) is 0 Å². The van der Waals surface area contributed by atoms with Crippen LogP contribution in [0.4, 0.5) is 0 Å². The van der Waals surface area contributed by atoms with Crippen molar-refractivity contribution in [1.82, 2.24) is 19.4 Å². The first-order valence-corrected chi connectivity index (χ1v) is 10.3. The van der Waals surface area contributed by atoms with Crippen LogP contribution in [0.15, 0.2) is 36.8 Å². The lowest BCUT2D eigenvalue weighted by atomic mass is 10.3. The molecule has 27 heavy (non-hydrogen) atoms. The fourth-order valence-electron chi connectivity index (χ4n) is 2.75. The first-order chi connectivity index (χ1) is 12.9. The van der Waals surface area contributed by atoms with Gasteiger partial charge in [-0.3, -0.25) is 4.57 Å². The highest BCUT2D eigenvalue weighted by Crippen LogP contribution is 2.38. The molecule has 2 aromatic heterocycles. The lowest BCUT2D eigenvalue weighted by Gasteiger charge is -2.11. The van der Waals surface area contributed by atoms with Gasteiger partial charge in [0.05, 0.1) is 17.0 Å². The third kappa shape index (κ3) is 3.54. The quantitative estimate of drug-likeness (QED) is 0.652. The summed E-state index contributed by atoms with van der Waals surface area (Å²) >= 11 is 0. The van der Waals surface area contributed by atoms with Crippen LogP contribution in [0.5, 0.6) is 0 Å². The molecule has 4 rings (SSSR count). The van der Waals surface area contributed by atoms with Crippen LogP contribution in [0.25, 0.3) is 11.1 Å². The van der Waals surface area contributed by atoms with Crippen LogP contribution in [0.3, 0.4) is 0 Å². The minimum Gasteiger partial charge on any atom is -0.408 e. The number of rotatable bonds is 7. The summed E-state index contributed by atoms with van der Waals surface area (Å²) in [7, 11) is -3.69. The number of nitrogens with zero attached hydrogens (tertiary/aromatic N) is 3. The maximum atomic E-state index is 12.4. The van der Waals surface area contributed by atoms with E-state index in [0.29, 0.717) is 29.6 Å². The molecule has 9 nitrogen and oxygen atoms in total. The van der Waals surface area contributed by atoms with Crippen molar-refractivity contribution in [3.05, 3.63) is 40.5 Å². The fraction of sp³-hybridized carbons (Fsp3) is 0.471.